The number of rotatable bonds is 6. The van der Waals surface area contributed by atoms with Crippen LogP contribution in [0.3, 0.4) is 0 Å². The first-order chi connectivity index (χ1) is 7.61. The smallest absolute Gasteiger partial charge is 0.182 e. The summed E-state index contributed by atoms with van der Waals surface area (Å²) >= 11 is 0. The predicted molar refractivity (Wildman–Crippen MR) is 61.2 cm³/mol. The molecule has 5 nitrogen and oxygen atoms in total. The van der Waals surface area contributed by atoms with E-state index < -0.39 is 16.4 Å². The lowest BCUT2D eigenvalue weighted by Crippen LogP contribution is -2.14. The molecule has 0 spiro atoms. The van der Waals surface area contributed by atoms with Crippen LogP contribution in [0.25, 0.3) is 0 Å². The summed E-state index contributed by atoms with van der Waals surface area (Å²) in [5.41, 5.74) is 0.449. The highest BCUT2D eigenvalue weighted by Crippen LogP contribution is 2.21. The molecule has 0 aliphatic rings. The highest BCUT2D eigenvalue weighted by atomic mass is 32.2. The van der Waals surface area contributed by atoms with Crippen LogP contribution in [0.1, 0.15) is 0 Å². The third-order valence-electron chi connectivity index (χ3n) is 2.01. The molecule has 0 fully saturated rings. The van der Waals surface area contributed by atoms with Gasteiger partial charge >= 0.3 is 0 Å². The SMILES string of the molecule is O=S(=O)(CCO)c1ccccc1NCCO. The summed E-state index contributed by atoms with van der Waals surface area (Å²) in [7, 11) is -3.47. The molecule has 0 amide bonds. The minimum absolute atomic E-state index is 0.0750. The fraction of sp³-hybridized carbons (Fsp3) is 0.400. The maximum atomic E-state index is 11.8. The van der Waals surface area contributed by atoms with Crippen molar-refractivity contribution in [2.24, 2.45) is 0 Å². The zero-order valence-corrected chi connectivity index (χ0v) is 9.57. The molecular formula is C10H15NO4S. The van der Waals surface area contributed by atoms with E-state index in [1.807, 2.05) is 0 Å². The molecule has 0 aliphatic carbocycles. The van der Waals surface area contributed by atoms with Crippen LogP contribution >= 0.6 is 0 Å². The maximum absolute atomic E-state index is 11.8. The second-order valence-electron chi connectivity index (χ2n) is 3.19. The molecule has 1 aromatic rings. The quantitative estimate of drug-likeness (QED) is 0.649. The van der Waals surface area contributed by atoms with E-state index >= 15 is 0 Å². The van der Waals surface area contributed by atoms with E-state index in [2.05, 4.69) is 5.32 Å². The van der Waals surface area contributed by atoms with Crippen molar-refractivity contribution in [1.29, 1.82) is 0 Å². The molecular weight excluding hydrogens is 230 g/mol. The highest BCUT2D eigenvalue weighted by molar-refractivity contribution is 7.91. The van der Waals surface area contributed by atoms with Gasteiger partial charge in [0.25, 0.3) is 0 Å². The first-order valence-electron chi connectivity index (χ1n) is 4.89. The van der Waals surface area contributed by atoms with E-state index in [9.17, 15) is 8.42 Å². The monoisotopic (exact) mass is 245 g/mol. The van der Waals surface area contributed by atoms with Crippen molar-refractivity contribution in [1.82, 2.24) is 0 Å². The molecule has 1 rings (SSSR count). The van der Waals surface area contributed by atoms with E-state index in [4.69, 9.17) is 10.2 Å². The Morgan fingerprint density at radius 3 is 2.44 bits per heavy atom. The number of aliphatic hydroxyl groups excluding tert-OH is 2. The molecule has 0 saturated heterocycles. The van der Waals surface area contributed by atoms with Crippen molar-refractivity contribution in [2.75, 3.05) is 30.8 Å². The molecule has 0 aliphatic heterocycles. The number of anilines is 1. The fourth-order valence-electron chi connectivity index (χ4n) is 1.30. The number of nitrogens with one attached hydrogen (secondary N) is 1. The van der Waals surface area contributed by atoms with Gasteiger partial charge in [0.15, 0.2) is 9.84 Å². The zero-order valence-electron chi connectivity index (χ0n) is 8.76. The normalized spacial score (nSPS) is 11.4. The van der Waals surface area contributed by atoms with Crippen LogP contribution in [0.4, 0.5) is 5.69 Å². The molecule has 0 heterocycles. The first kappa shape index (κ1) is 13.0. The van der Waals surface area contributed by atoms with Crippen LogP contribution in [0.15, 0.2) is 29.2 Å². The van der Waals surface area contributed by atoms with E-state index in [1.54, 1.807) is 18.2 Å². The first-order valence-corrected chi connectivity index (χ1v) is 6.54. The van der Waals surface area contributed by atoms with Crippen LogP contribution in [-0.4, -0.2) is 44.1 Å². The van der Waals surface area contributed by atoms with E-state index in [0.29, 0.717) is 5.69 Å². The van der Waals surface area contributed by atoms with Crippen molar-refractivity contribution in [2.45, 2.75) is 4.90 Å². The Morgan fingerprint density at radius 1 is 1.12 bits per heavy atom. The molecule has 0 aromatic heterocycles. The molecule has 0 radical (unpaired) electrons. The molecule has 0 atom stereocenters. The summed E-state index contributed by atoms with van der Waals surface area (Å²) in [6.07, 6.45) is 0. The summed E-state index contributed by atoms with van der Waals surface area (Å²) in [4.78, 5) is 0.150. The summed E-state index contributed by atoms with van der Waals surface area (Å²) in [6, 6.07) is 6.43. The lowest BCUT2D eigenvalue weighted by molar-refractivity contribution is 0.311. The Kier molecular flexibility index (Phi) is 4.72. The number of sulfone groups is 1. The highest BCUT2D eigenvalue weighted by Gasteiger charge is 2.17. The Bertz CT molecular complexity index is 430. The van der Waals surface area contributed by atoms with Gasteiger partial charge in [-0.25, -0.2) is 8.42 Å². The van der Waals surface area contributed by atoms with Crippen molar-refractivity contribution >= 4 is 15.5 Å². The molecule has 0 saturated carbocycles. The van der Waals surface area contributed by atoms with Crippen LogP contribution < -0.4 is 5.32 Å². The van der Waals surface area contributed by atoms with Gasteiger partial charge in [-0.05, 0) is 12.1 Å². The van der Waals surface area contributed by atoms with Gasteiger partial charge in [-0.3, -0.25) is 0 Å². The number of aliphatic hydroxyl groups is 2. The van der Waals surface area contributed by atoms with E-state index in [1.165, 1.54) is 6.07 Å². The summed E-state index contributed by atoms with van der Waals surface area (Å²) < 4.78 is 23.5. The molecule has 16 heavy (non-hydrogen) atoms. The van der Waals surface area contributed by atoms with Crippen molar-refractivity contribution in [3.05, 3.63) is 24.3 Å². The predicted octanol–water partition coefficient (Wildman–Crippen LogP) is -0.143. The van der Waals surface area contributed by atoms with Gasteiger partial charge in [0.1, 0.15) is 0 Å². The van der Waals surface area contributed by atoms with Gasteiger partial charge < -0.3 is 15.5 Å². The van der Waals surface area contributed by atoms with E-state index in [-0.39, 0.29) is 23.8 Å². The van der Waals surface area contributed by atoms with Crippen LogP contribution in [-0.2, 0) is 9.84 Å². The van der Waals surface area contributed by atoms with Gasteiger partial charge in [-0.1, -0.05) is 12.1 Å². The van der Waals surface area contributed by atoms with Gasteiger partial charge in [0.2, 0.25) is 0 Å². The minimum atomic E-state index is -3.47. The number of hydrogen-bond donors (Lipinski definition) is 3. The van der Waals surface area contributed by atoms with Crippen LogP contribution in [0, 0.1) is 0 Å². The standard InChI is InChI=1S/C10H15NO4S/c12-6-5-11-9-3-1-2-4-10(9)16(14,15)8-7-13/h1-4,11-13H,5-8H2. The third-order valence-corrected chi connectivity index (χ3v) is 3.76. The number of para-hydroxylation sites is 1. The fourth-order valence-corrected chi connectivity index (χ4v) is 2.53. The number of benzene rings is 1. The molecule has 6 heteroatoms. The van der Waals surface area contributed by atoms with Crippen molar-refractivity contribution < 1.29 is 18.6 Å². The summed E-state index contributed by atoms with van der Waals surface area (Å²) in [5.74, 6) is -0.301. The third kappa shape index (κ3) is 3.19. The van der Waals surface area contributed by atoms with E-state index in [0.717, 1.165) is 0 Å². The topological polar surface area (TPSA) is 86.6 Å². The Hall–Kier alpha value is -1.11. The Balaban J connectivity index is 3.03. The second-order valence-corrected chi connectivity index (χ2v) is 5.27. The van der Waals surface area contributed by atoms with Gasteiger partial charge in [-0.2, -0.15) is 0 Å². The lowest BCUT2D eigenvalue weighted by atomic mass is 10.3. The largest absolute Gasteiger partial charge is 0.395 e. The Morgan fingerprint density at radius 2 is 1.81 bits per heavy atom. The average molecular weight is 245 g/mol. The molecule has 90 valence electrons. The molecule has 0 unspecified atom stereocenters. The van der Waals surface area contributed by atoms with Gasteiger partial charge in [0.05, 0.1) is 29.5 Å². The summed E-state index contributed by atoms with van der Waals surface area (Å²) in [6.45, 7) is -0.198. The second kappa shape index (κ2) is 5.83. The maximum Gasteiger partial charge on any atom is 0.182 e. The van der Waals surface area contributed by atoms with Crippen LogP contribution in [0.2, 0.25) is 0 Å². The summed E-state index contributed by atoms with van der Waals surface area (Å²) in [5, 5.41) is 20.2. The zero-order chi connectivity index (χ0) is 12.0. The number of hydrogen-bond acceptors (Lipinski definition) is 5. The molecule has 0 bridgehead atoms. The average Bonchev–Trinajstić information content (AvgIpc) is 2.26. The minimum Gasteiger partial charge on any atom is -0.395 e. The lowest BCUT2D eigenvalue weighted by Gasteiger charge is -2.10. The molecule has 3 N–H and O–H groups in total. The molecule has 1 aromatic carbocycles. The van der Waals surface area contributed by atoms with Gasteiger partial charge in [0, 0.05) is 6.54 Å². The van der Waals surface area contributed by atoms with Crippen molar-refractivity contribution in [3.63, 3.8) is 0 Å². The van der Waals surface area contributed by atoms with Crippen molar-refractivity contribution in [3.8, 4) is 0 Å². The van der Waals surface area contributed by atoms with Gasteiger partial charge in [-0.15, -0.1) is 0 Å². The Labute approximate surface area is 94.7 Å². The van der Waals surface area contributed by atoms with Crippen LogP contribution in [0.5, 0.6) is 0 Å².